The molecule has 1 aliphatic rings. The van der Waals surface area contributed by atoms with E-state index in [1.54, 1.807) is 0 Å². The van der Waals surface area contributed by atoms with Gasteiger partial charge in [-0.15, -0.1) is 0 Å². The van der Waals surface area contributed by atoms with Crippen molar-refractivity contribution >= 4 is 0 Å². The first-order valence-electron chi connectivity index (χ1n) is 7.67. The molecule has 110 valence electrons. The average Bonchev–Trinajstić information content (AvgIpc) is 2.57. The van der Waals surface area contributed by atoms with Crippen LogP contribution in [0.25, 0.3) is 11.1 Å². The fourth-order valence-electron chi connectivity index (χ4n) is 2.98. The Labute approximate surface area is 126 Å². The molecule has 1 fully saturated rings. The monoisotopic (exact) mass is 282 g/mol. The van der Waals surface area contributed by atoms with E-state index in [0.717, 1.165) is 32.5 Å². The summed E-state index contributed by atoms with van der Waals surface area (Å²) in [4.78, 5) is 6.56. The maximum Gasteiger partial charge on any atom is 0.0460 e. The quantitative estimate of drug-likeness (QED) is 0.936. The smallest absolute Gasteiger partial charge is 0.0460 e. The first-order valence-corrected chi connectivity index (χ1v) is 7.67. The Morgan fingerprint density at radius 3 is 2.52 bits per heavy atom. The largest absolute Gasteiger partial charge is 0.396 e. The Hall–Kier alpha value is -1.71. The van der Waals surface area contributed by atoms with Gasteiger partial charge in [0.15, 0.2) is 0 Å². The standard InChI is InChI=1S/C18H22N2O/c21-14-15-6-10-20(11-7-15)13-16-2-1-3-18(12-16)17-4-8-19-9-5-17/h1-5,8-9,12,15,21H,6-7,10-11,13-14H2. The van der Waals surface area contributed by atoms with E-state index < -0.39 is 0 Å². The highest BCUT2D eigenvalue weighted by Gasteiger charge is 2.18. The summed E-state index contributed by atoms with van der Waals surface area (Å²) in [5.41, 5.74) is 3.82. The van der Waals surface area contributed by atoms with Crippen LogP contribution in [-0.2, 0) is 6.54 Å². The van der Waals surface area contributed by atoms with Crippen molar-refractivity contribution in [2.45, 2.75) is 19.4 Å². The van der Waals surface area contributed by atoms with Crippen molar-refractivity contribution in [3.8, 4) is 11.1 Å². The number of hydrogen-bond donors (Lipinski definition) is 1. The normalized spacial score (nSPS) is 17.0. The van der Waals surface area contributed by atoms with Crippen LogP contribution in [0.3, 0.4) is 0 Å². The molecule has 0 unspecified atom stereocenters. The van der Waals surface area contributed by atoms with E-state index in [9.17, 15) is 5.11 Å². The molecule has 0 saturated carbocycles. The number of pyridine rings is 1. The van der Waals surface area contributed by atoms with Crippen molar-refractivity contribution in [3.05, 3.63) is 54.4 Å². The molecule has 0 amide bonds. The summed E-state index contributed by atoms with van der Waals surface area (Å²) in [6.07, 6.45) is 5.89. The van der Waals surface area contributed by atoms with Gasteiger partial charge in [-0.25, -0.2) is 0 Å². The van der Waals surface area contributed by atoms with Crippen LogP contribution in [0, 0.1) is 5.92 Å². The lowest BCUT2D eigenvalue weighted by molar-refractivity contribution is 0.127. The number of piperidine rings is 1. The Kier molecular flexibility index (Phi) is 4.63. The highest BCUT2D eigenvalue weighted by Crippen LogP contribution is 2.22. The van der Waals surface area contributed by atoms with Crippen LogP contribution in [0.4, 0.5) is 0 Å². The highest BCUT2D eigenvalue weighted by atomic mass is 16.3. The molecule has 0 bridgehead atoms. The Balaban J connectivity index is 1.67. The molecule has 1 aromatic carbocycles. The van der Waals surface area contributed by atoms with Crippen LogP contribution in [0.15, 0.2) is 48.8 Å². The third kappa shape index (κ3) is 3.69. The van der Waals surface area contributed by atoms with Gasteiger partial charge in [0.25, 0.3) is 0 Å². The van der Waals surface area contributed by atoms with Crippen molar-refractivity contribution in [2.75, 3.05) is 19.7 Å². The van der Waals surface area contributed by atoms with Gasteiger partial charge in [0.1, 0.15) is 0 Å². The Morgan fingerprint density at radius 2 is 1.81 bits per heavy atom. The Bertz CT molecular complexity index is 562. The number of nitrogens with zero attached hydrogens (tertiary/aromatic N) is 2. The third-order valence-corrected chi connectivity index (χ3v) is 4.31. The number of hydrogen-bond acceptors (Lipinski definition) is 3. The molecule has 2 heterocycles. The number of aromatic nitrogens is 1. The van der Waals surface area contributed by atoms with Gasteiger partial charge in [-0.3, -0.25) is 9.88 Å². The highest BCUT2D eigenvalue weighted by molar-refractivity contribution is 5.63. The van der Waals surface area contributed by atoms with Crippen LogP contribution in [0.1, 0.15) is 18.4 Å². The second-order valence-electron chi connectivity index (χ2n) is 5.84. The van der Waals surface area contributed by atoms with E-state index in [1.165, 1.54) is 16.7 Å². The number of aliphatic hydroxyl groups is 1. The lowest BCUT2D eigenvalue weighted by Gasteiger charge is -2.31. The molecule has 1 aromatic heterocycles. The summed E-state index contributed by atoms with van der Waals surface area (Å²) in [7, 11) is 0. The molecule has 0 atom stereocenters. The maximum absolute atomic E-state index is 9.21. The zero-order valence-electron chi connectivity index (χ0n) is 12.3. The van der Waals surface area contributed by atoms with E-state index in [1.807, 2.05) is 24.5 Å². The predicted octanol–water partition coefficient (Wildman–Crippen LogP) is 2.95. The molecule has 21 heavy (non-hydrogen) atoms. The van der Waals surface area contributed by atoms with E-state index in [-0.39, 0.29) is 0 Å². The third-order valence-electron chi connectivity index (χ3n) is 4.31. The summed E-state index contributed by atoms with van der Waals surface area (Å²) in [5.74, 6) is 0.504. The fraction of sp³-hybridized carbons (Fsp3) is 0.389. The second kappa shape index (κ2) is 6.83. The van der Waals surface area contributed by atoms with Crippen LogP contribution >= 0.6 is 0 Å². The first-order chi connectivity index (χ1) is 10.3. The summed E-state index contributed by atoms with van der Waals surface area (Å²) >= 11 is 0. The fourth-order valence-corrected chi connectivity index (χ4v) is 2.98. The van der Waals surface area contributed by atoms with Crippen LogP contribution in [0.2, 0.25) is 0 Å². The first kappa shape index (κ1) is 14.2. The summed E-state index contributed by atoms with van der Waals surface area (Å²) in [5, 5.41) is 9.21. The van der Waals surface area contributed by atoms with Gasteiger partial charge >= 0.3 is 0 Å². The Morgan fingerprint density at radius 1 is 1.05 bits per heavy atom. The van der Waals surface area contributed by atoms with Crippen molar-refractivity contribution in [1.29, 1.82) is 0 Å². The zero-order valence-corrected chi connectivity index (χ0v) is 12.3. The zero-order chi connectivity index (χ0) is 14.5. The molecule has 0 radical (unpaired) electrons. The van der Waals surface area contributed by atoms with E-state index >= 15 is 0 Å². The number of likely N-dealkylation sites (tertiary alicyclic amines) is 1. The van der Waals surface area contributed by atoms with Crippen molar-refractivity contribution in [2.24, 2.45) is 5.92 Å². The molecule has 1 saturated heterocycles. The molecule has 1 N–H and O–H groups in total. The lowest BCUT2D eigenvalue weighted by Crippen LogP contribution is -2.34. The van der Waals surface area contributed by atoms with Gasteiger partial charge in [0.2, 0.25) is 0 Å². The molecule has 3 heteroatoms. The molecule has 2 aromatic rings. The maximum atomic E-state index is 9.21. The van der Waals surface area contributed by atoms with Crippen molar-refractivity contribution in [1.82, 2.24) is 9.88 Å². The van der Waals surface area contributed by atoms with Crippen LogP contribution in [0.5, 0.6) is 0 Å². The van der Waals surface area contributed by atoms with E-state index in [4.69, 9.17) is 0 Å². The van der Waals surface area contributed by atoms with E-state index in [0.29, 0.717) is 12.5 Å². The number of aliphatic hydroxyl groups excluding tert-OH is 1. The molecular formula is C18H22N2O. The lowest BCUT2D eigenvalue weighted by atomic mass is 9.97. The number of benzene rings is 1. The van der Waals surface area contributed by atoms with Gasteiger partial charge in [0, 0.05) is 25.5 Å². The minimum atomic E-state index is 0.339. The van der Waals surface area contributed by atoms with Gasteiger partial charge in [-0.05, 0) is 66.7 Å². The summed E-state index contributed by atoms with van der Waals surface area (Å²) in [6, 6.07) is 12.8. The molecule has 3 nitrogen and oxygen atoms in total. The van der Waals surface area contributed by atoms with Crippen LogP contribution < -0.4 is 0 Å². The van der Waals surface area contributed by atoms with Gasteiger partial charge in [-0.2, -0.15) is 0 Å². The second-order valence-corrected chi connectivity index (χ2v) is 5.84. The minimum Gasteiger partial charge on any atom is -0.396 e. The van der Waals surface area contributed by atoms with E-state index in [2.05, 4.69) is 34.1 Å². The van der Waals surface area contributed by atoms with Gasteiger partial charge in [-0.1, -0.05) is 18.2 Å². The summed E-state index contributed by atoms with van der Waals surface area (Å²) in [6.45, 7) is 3.51. The molecular weight excluding hydrogens is 260 g/mol. The molecule has 0 spiro atoms. The minimum absolute atomic E-state index is 0.339. The van der Waals surface area contributed by atoms with Crippen LogP contribution in [-0.4, -0.2) is 34.7 Å². The van der Waals surface area contributed by atoms with Crippen molar-refractivity contribution < 1.29 is 5.11 Å². The molecule has 0 aliphatic carbocycles. The molecule has 3 rings (SSSR count). The summed E-state index contributed by atoms with van der Waals surface area (Å²) < 4.78 is 0. The average molecular weight is 282 g/mol. The topological polar surface area (TPSA) is 36.4 Å². The van der Waals surface area contributed by atoms with Gasteiger partial charge in [0.05, 0.1) is 0 Å². The predicted molar refractivity (Wildman–Crippen MR) is 84.8 cm³/mol. The SMILES string of the molecule is OCC1CCN(Cc2cccc(-c3ccncc3)c2)CC1. The van der Waals surface area contributed by atoms with Crippen molar-refractivity contribution in [3.63, 3.8) is 0 Å². The number of rotatable bonds is 4. The molecule has 1 aliphatic heterocycles. The van der Waals surface area contributed by atoms with Gasteiger partial charge < -0.3 is 5.11 Å².